The van der Waals surface area contributed by atoms with Crippen molar-refractivity contribution in [2.75, 3.05) is 81.6 Å². The number of hydrogen-bond donors (Lipinski definition) is 2. The number of piperazine rings is 1. The van der Waals surface area contributed by atoms with Crippen LogP contribution in [-0.4, -0.2) is 96.7 Å². The Morgan fingerprint density at radius 2 is 1.92 bits per heavy atom. The van der Waals surface area contributed by atoms with Gasteiger partial charge in [-0.15, -0.1) is 0 Å². The minimum atomic E-state index is -4.61. The average molecular weight is 529 g/mol. The summed E-state index contributed by atoms with van der Waals surface area (Å²) in [7, 11) is 2.08. The van der Waals surface area contributed by atoms with E-state index in [9.17, 15) is 18.0 Å². The summed E-state index contributed by atoms with van der Waals surface area (Å²) in [5.41, 5.74) is -0.944. The molecule has 2 saturated heterocycles. The number of halogens is 3. The van der Waals surface area contributed by atoms with E-state index in [1.807, 2.05) is 6.92 Å². The molecule has 0 atom stereocenters. The molecule has 2 fully saturated rings. The highest BCUT2D eigenvalue weighted by Crippen LogP contribution is 2.35. The number of hydrogen-bond acceptors (Lipinski definition) is 10. The third-order valence-corrected chi connectivity index (χ3v) is 7.11. The number of anilines is 4. The largest absolute Gasteiger partial charge is 0.421 e. The third-order valence-electron chi connectivity index (χ3n) is 6.08. The van der Waals surface area contributed by atoms with E-state index in [0.717, 1.165) is 48.8 Å². The number of rotatable bonds is 8. The van der Waals surface area contributed by atoms with Crippen LogP contribution in [0.3, 0.4) is 0 Å². The Labute approximate surface area is 211 Å². The summed E-state index contributed by atoms with van der Waals surface area (Å²) >= 11 is 1.53. The van der Waals surface area contributed by atoms with Crippen LogP contribution in [-0.2, 0) is 15.7 Å². The van der Waals surface area contributed by atoms with Crippen LogP contribution in [0.15, 0.2) is 6.20 Å². The van der Waals surface area contributed by atoms with E-state index in [1.54, 1.807) is 4.90 Å². The lowest BCUT2D eigenvalue weighted by molar-refractivity contribution is -0.137. The number of carbonyl (C=O) groups excluding carboxylic acids is 1. The van der Waals surface area contributed by atoms with Gasteiger partial charge in [-0.2, -0.15) is 18.2 Å². The minimum absolute atomic E-state index is 0.0312. The number of carbonyl (C=O) groups is 1. The summed E-state index contributed by atoms with van der Waals surface area (Å²) in [5.74, 6) is 0.148. The fraction of sp³-hybridized carbons (Fsp3) is 0.636. The molecule has 2 aromatic rings. The SMILES string of the molecule is Cc1sc(N2CCN(C)CC2)nc1Nc1ncc(C(F)(F)F)c(NCCCN2CCCOCC2=O)n1. The Kier molecular flexibility index (Phi) is 8.46. The molecule has 14 heteroatoms. The highest BCUT2D eigenvalue weighted by atomic mass is 32.1. The van der Waals surface area contributed by atoms with Crippen molar-refractivity contribution in [3.63, 3.8) is 0 Å². The van der Waals surface area contributed by atoms with E-state index in [2.05, 4.69) is 42.4 Å². The lowest BCUT2D eigenvalue weighted by atomic mass is 10.3. The fourth-order valence-corrected chi connectivity index (χ4v) is 4.88. The molecule has 0 unspecified atom stereocenters. The molecule has 0 saturated carbocycles. The Bertz CT molecular complexity index is 1040. The summed E-state index contributed by atoms with van der Waals surface area (Å²) in [6.07, 6.45) is -2.62. The van der Waals surface area contributed by atoms with E-state index >= 15 is 0 Å². The molecule has 0 radical (unpaired) electrons. The van der Waals surface area contributed by atoms with Crippen LogP contribution in [0.2, 0.25) is 0 Å². The van der Waals surface area contributed by atoms with E-state index in [4.69, 9.17) is 4.74 Å². The maximum Gasteiger partial charge on any atom is 0.421 e. The number of alkyl halides is 3. The predicted molar refractivity (Wildman–Crippen MR) is 132 cm³/mol. The van der Waals surface area contributed by atoms with Gasteiger partial charge in [0.1, 0.15) is 23.8 Å². The number of aryl methyl sites for hydroxylation is 1. The van der Waals surface area contributed by atoms with Gasteiger partial charge < -0.3 is 30.1 Å². The third kappa shape index (κ3) is 6.73. The molecule has 36 heavy (non-hydrogen) atoms. The Morgan fingerprint density at radius 1 is 1.14 bits per heavy atom. The van der Waals surface area contributed by atoms with Gasteiger partial charge in [0.2, 0.25) is 11.9 Å². The maximum atomic E-state index is 13.6. The van der Waals surface area contributed by atoms with E-state index in [-0.39, 0.29) is 30.8 Å². The van der Waals surface area contributed by atoms with Gasteiger partial charge in [-0.05, 0) is 26.8 Å². The summed E-state index contributed by atoms with van der Waals surface area (Å²) in [5, 5.41) is 6.62. The molecule has 0 spiro atoms. The van der Waals surface area contributed by atoms with Crippen molar-refractivity contribution in [1.29, 1.82) is 0 Å². The number of aromatic nitrogens is 3. The molecule has 2 aromatic heterocycles. The number of ether oxygens (including phenoxy) is 1. The standard InChI is InChI=1S/C22H31F3N8O2S/c1-15-18(30-21(36-15)33-10-8-31(2)9-11-33)28-20-27-13-16(22(23,24)25)19(29-20)26-5-3-6-32-7-4-12-35-14-17(32)34/h13H,3-12,14H2,1-2H3,(H2,26,27,28,29). The van der Waals surface area contributed by atoms with Crippen molar-refractivity contribution in [2.24, 2.45) is 0 Å². The topological polar surface area (TPSA) is 98.8 Å². The maximum absolute atomic E-state index is 13.6. The van der Waals surface area contributed by atoms with Crippen LogP contribution in [0, 0.1) is 6.92 Å². The van der Waals surface area contributed by atoms with Gasteiger partial charge in [-0.25, -0.2) is 9.97 Å². The van der Waals surface area contributed by atoms with Gasteiger partial charge in [-0.1, -0.05) is 11.3 Å². The monoisotopic (exact) mass is 528 g/mol. The zero-order valence-electron chi connectivity index (χ0n) is 20.4. The molecule has 1 amide bonds. The van der Waals surface area contributed by atoms with Crippen LogP contribution in [0.5, 0.6) is 0 Å². The van der Waals surface area contributed by atoms with Crippen molar-refractivity contribution in [1.82, 2.24) is 24.8 Å². The average Bonchev–Trinajstić information content (AvgIpc) is 3.06. The molecule has 4 rings (SSSR count). The first-order chi connectivity index (χ1) is 17.2. The Hall–Kier alpha value is -2.71. The molecular weight excluding hydrogens is 497 g/mol. The molecule has 2 aliphatic heterocycles. The second-order valence-electron chi connectivity index (χ2n) is 8.84. The van der Waals surface area contributed by atoms with Crippen molar-refractivity contribution < 1.29 is 22.7 Å². The van der Waals surface area contributed by atoms with Crippen LogP contribution in [0.1, 0.15) is 23.3 Å². The van der Waals surface area contributed by atoms with Crippen LogP contribution < -0.4 is 15.5 Å². The van der Waals surface area contributed by atoms with E-state index in [1.165, 1.54) is 11.3 Å². The van der Waals surface area contributed by atoms with Gasteiger partial charge in [0.05, 0.1) is 0 Å². The first-order valence-corrected chi connectivity index (χ1v) is 12.7. The second-order valence-corrected chi connectivity index (χ2v) is 10.0. The molecule has 10 nitrogen and oxygen atoms in total. The second kappa shape index (κ2) is 11.6. The zero-order chi connectivity index (χ0) is 25.7. The predicted octanol–water partition coefficient (Wildman–Crippen LogP) is 2.81. The van der Waals surface area contributed by atoms with Crippen molar-refractivity contribution in [2.45, 2.75) is 25.9 Å². The minimum Gasteiger partial charge on any atom is -0.372 e. The molecule has 4 heterocycles. The molecule has 198 valence electrons. The number of likely N-dealkylation sites (N-methyl/N-ethyl adjacent to an activating group) is 1. The zero-order valence-corrected chi connectivity index (χ0v) is 21.2. The molecule has 0 aliphatic carbocycles. The van der Waals surface area contributed by atoms with Crippen molar-refractivity contribution in [3.8, 4) is 0 Å². The number of nitrogens with one attached hydrogen (secondary N) is 2. The van der Waals surface area contributed by atoms with Crippen molar-refractivity contribution in [3.05, 3.63) is 16.6 Å². The van der Waals surface area contributed by atoms with Crippen LogP contribution in [0.4, 0.5) is 35.9 Å². The van der Waals surface area contributed by atoms with Gasteiger partial charge in [0, 0.05) is 63.5 Å². The fourth-order valence-electron chi connectivity index (χ4n) is 3.97. The first-order valence-electron chi connectivity index (χ1n) is 11.9. The van der Waals surface area contributed by atoms with Gasteiger partial charge in [0.15, 0.2) is 5.13 Å². The highest BCUT2D eigenvalue weighted by Gasteiger charge is 2.35. The van der Waals surface area contributed by atoms with Crippen molar-refractivity contribution >= 4 is 40.0 Å². The Morgan fingerprint density at radius 3 is 2.67 bits per heavy atom. The van der Waals surface area contributed by atoms with Crippen LogP contribution in [0.25, 0.3) is 0 Å². The lowest BCUT2D eigenvalue weighted by Crippen LogP contribution is -2.44. The van der Waals surface area contributed by atoms with Crippen LogP contribution >= 0.6 is 11.3 Å². The Balaban J connectivity index is 1.41. The molecular formula is C22H31F3N8O2S. The highest BCUT2D eigenvalue weighted by molar-refractivity contribution is 7.16. The summed E-state index contributed by atoms with van der Waals surface area (Å²) < 4.78 is 45.9. The quantitative estimate of drug-likeness (QED) is 0.501. The summed E-state index contributed by atoms with van der Waals surface area (Å²) in [6, 6.07) is 0. The van der Waals surface area contributed by atoms with Gasteiger partial charge in [-0.3, -0.25) is 4.79 Å². The molecule has 2 aliphatic rings. The number of amides is 1. The molecule has 2 N–H and O–H groups in total. The summed E-state index contributed by atoms with van der Waals surface area (Å²) in [4.78, 5) is 31.7. The van der Waals surface area contributed by atoms with E-state index in [0.29, 0.717) is 31.9 Å². The first kappa shape index (κ1) is 26.4. The number of thiazole rings is 1. The lowest BCUT2D eigenvalue weighted by Gasteiger charge is -2.32. The summed E-state index contributed by atoms with van der Waals surface area (Å²) in [6.45, 7) is 7.31. The normalized spacial score (nSPS) is 17.9. The number of nitrogens with zero attached hydrogens (tertiary/aromatic N) is 6. The molecule has 0 bridgehead atoms. The van der Waals surface area contributed by atoms with Gasteiger partial charge >= 0.3 is 6.18 Å². The van der Waals surface area contributed by atoms with Gasteiger partial charge in [0.25, 0.3) is 0 Å². The van der Waals surface area contributed by atoms with E-state index < -0.39 is 11.7 Å². The smallest absolute Gasteiger partial charge is 0.372 e. The molecule has 0 aromatic carbocycles.